The van der Waals surface area contributed by atoms with Crippen LogP contribution in [0, 0.1) is 12.8 Å². The highest BCUT2D eigenvalue weighted by atomic mass is 35.5. The van der Waals surface area contributed by atoms with Crippen molar-refractivity contribution >= 4 is 17.6 Å². The summed E-state index contributed by atoms with van der Waals surface area (Å²) in [6, 6.07) is 5.30. The van der Waals surface area contributed by atoms with Crippen molar-refractivity contribution in [3.05, 3.63) is 34.3 Å². The van der Waals surface area contributed by atoms with Gasteiger partial charge < -0.3 is 4.74 Å². The molecule has 1 saturated carbocycles. The summed E-state index contributed by atoms with van der Waals surface area (Å²) in [5.41, 5.74) is 1.51. The van der Waals surface area contributed by atoms with E-state index in [9.17, 15) is 4.79 Å². The van der Waals surface area contributed by atoms with Gasteiger partial charge in [0.1, 0.15) is 0 Å². The van der Waals surface area contributed by atoms with Gasteiger partial charge in [0.25, 0.3) is 0 Å². The molecular weight excluding hydrogens is 260 g/mol. The third-order valence-corrected chi connectivity index (χ3v) is 4.30. The molecule has 0 unspecified atom stereocenters. The zero-order valence-electron chi connectivity index (χ0n) is 11.5. The van der Waals surface area contributed by atoms with Gasteiger partial charge in [0.15, 0.2) is 0 Å². The number of esters is 1. The molecule has 0 aromatic heterocycles. The Balaban J connectivity index is 1.78. The molecule has 1 fully saturated rings. The van der Waals surface area contributed by atoms with Crippen LogP contribution in [-0.4, -0.2) is 12.6 Å². The molecule has 0 N–H and O–H groups in total. The van der Waals surface area contributed by atoms with Crippen LogP contribution >= 0.6 is 11.6 Å². The van der Waals surface area contributed by atoms with Gasteiger partial charge in [0.2, 0.25) is 0 Å². The van der Waals surface area contributed by atoms with Gasteiger partial charge in [-0.05, 0) is 37.0 Å². The average molecular weight is 281 g/mol. The monoisotopic (exact) mass is 280 g/mol. The van der Waals surface area contributed by atoms with Gasteiger partial charge >= 0.3 is 5.97 Å². The summed E-state index contributed by atoms with van der Waals surface area (Å²) in [5.74, 6) is 0.473. The zero-order chi connectivity index (χ0) is 13.7. The van der Waals surface area contributed by atoms with Crippen molar-refractivity contribution in [3.8, 4) is 0 Å². The Kier molecular flexibility index (Phi) is 5.26. The highest BCUT2D eigenvalue weighted by Gasteiger charge is 2.14. The first-order valence-corrected chi connectivity index (χ1v) is 7.48. The Bertz CT molecular complexity index is 436. The molecule has 2 rings (SSSR count). The fourth-order valence-corrected chi connectivity index (χ4v) is 2.78. The number of hydrogen-bond donors (Lipinski definition) is 0. The van der Waals surface area contributed by atoms with Crippen molar-refractivity contribution in [1.29, 1.82) is 0 Å². The van der Waals surface area contributed by atoms with E-state index in [2.05, 4.69) is 0 Å². The molecule has 3 heteroatoms. The largest absolute Gasteiger partial charge is 0.462 e. The number of halogens is 1. The number of benzene rings is 1. The molecule has 0 heterocycles. The van der Waals surface area contributed by atoms with E-state index in [1.165, 1.54) is 32.1 Å². The van der Waals surface area contributed by atoms with Crippen molar-refractivity contribution in [2.75, 3.05) is 6.61 Å². The minimum absolute atomic E-state index is 0.266. The summed E-state index contributed by atoms with van der Waals surface area (Å²) >= 11 is 6.01. The molecular formula is C16H21ClO2. The number of carbonyl (C=O) groups excluding carboxylic acids is 1. The molecule has 1 aromatic carbocycles. The van der Waals surface area contributed by atoms with Crippen LogP contribution in [-0.2, 0) is 4.74 Å². The van der Waals surface area contributed by atoms with Crippen LogP contribution in [0.5, 0.6) is 0 Å². The van der Waals surface area contributed by atoms with E-state index in [4.69, 9.17) is 16.3 Å². The second-order valence-corrected chi connectivity index (χ2v) is 5.80. The van der Waals surface area contributed by atoms with Gasteiger partial charge in [-0.3, -0.25) is 0 Å². The van der Waals surface area contributed by atoms with Crippen LogP contribution in [0.25, 0.3) is 0 Å². The first kappa shape index (κ1) is 14.4. The van der Waals surface area contributed by atoms with E-state index in [0.29, 0.717) is 17.2 Å². The summed E-state index contributed by atoms with van der Waals surface area (Å²) in [6.45, 7) is 2.44. The molecule has 2 nitrogen and oxygen atoms in total. The van der Waals surface area contributed by atoms with Crippen molar-refractivity contribution in [1.82, 2.24) is 0 Å². The summed E-state index contributed by atoms with van der Waals surface area (Å²) < 4.78 is 5.33. The van der Waals surface area contributed by atoms with E-state index in [-0.39, 0.29) is 5.97 Å². The maximum absolute atomic E-state index is 11.9. The van der Waals surface area contributed by atoms with Crippen LogP contribution in [0.15, 0.2) is 18.2 Å². The lowest BCUT2D eigenvalue weighted by Crippen LogP contribution is -2.12. The predicted octanol–water partition coefficient (Wildman–Crippen LogP) is 4.78. The summed E-state index contributed by atoms with van der Waals surface area (Å²) in [5, 5.41) is 0.613. The smallest absolute Gasteiger partial charge is 0.338 e. The predicted molar refractivity (Wildman–Crippen MR) is 77.7 cm³/mol. The quantitative estimate of drug-likeness (QED) is 0.742. The number of hydrogen-bond acceptors (Lipinski definition) is 2. The molecule has 0 spiro atoms. The molecule has 0 aliphatic heterocycles. The average Bonchev–Trinajstić information content (AvgIpc) is 2.43. The molecule has 0 saturated heterocycles. The van der Waals surface area contributed by atoms with Crippen LogP contribution in [0.4, 0.5) is 0 Å². The number of carbonyl (C=O) groups is 1. The van der Waals surface area contributed by atoms with Crippen LogP contribution in [0.3, 0.4) is 0 Å². The zero-order valence-corrected chi connectivity index (χ0v) is 12.2. The van der Waals surface area contributed by atoms with Crippen molar-refractivity contribution in [3.63, 3.8) is 0 Å². The Morgan fingerprint density at radius 1 is 1.32 bits per heavy atom. The minimum atomic E-state index is -0.266. The second kappa shape index (κ2) is 6.95. The van der Waals surface area contributed by atoms with Gasteiger partial charge in [-0.25, -0.2) is 4.79 Å². The maximum atomic E-state index is 11.9. The molecule has 0 bridgehead atoms. The molecule has 104 valence electrons. The van der Waals surface area contributed by atoms with E-state index in [1.807, 2.05) is 13.0 Å². The van der Waals surface area contributed by atoms with Crippen LogP contribution in [0.2, 0.25) is 5.02 Å². The SMILES string of the molecule is Cc1ccc(C(=O)OCCC2CCCCC2)cc1Cl. The van der Waals surface area contributed by atoms with Gasteiger partial charge in [0, 0.05) is 5.02 Å². The highest BCUT2D eigenvalue weighted by molar-refractivity contribution is 6.31. The van der Waals surface area contributed by atoms with Gasteiger partial charge in [0.05, 0.1) is 12.2 Å². The first-order valence-electron chi connectivity index (χ1n) is 7.10. The number of aryl methyl sites for hydroxylation is 1. The lowest BCUT2D eigenvalue weighted by Gasteiger charge is -2.21. The molecule has 1 aliphatic carbocycles. The van der Waals surface area contributed by atoms with Gasteiger partial charge in [-0.15, -0.1) is 0 Å². The van der Waals surface area contributed by atoms with Crippen LogP contribution in [0.1, 0.15) is 54.4 Å². The Hall–Kier alpha value is -1.02. The molecule has 0 atom stereocenters. The van der Waals surface area contributed by atoms with E-state index < -0.39 is 0 Å². The Morgan fingerprint density at radius 2 is 2.05 bits per heavy atom. The fourth-order valence-electron chi connectivity index (χ4n) is 2.60. The maximum Gasteiger partial charge on any atom is 0.338 e. The van der Waals surface area contributed by atoms with Gasteiger partial charge in [-0.1, -0.05) is 49.8 Å². The van der Waals surface area contributed by atoms with Crippen LogP contribution < -0.4 is 0 Å². The molecule has 0 radical (unpaired) electrons. The highest BCUT2D eigenvalue weighted by Crippen LogP contribution is 2.26. The lowest BCUT2D eigenvalue weighted by molar-refractivity contribution is 0.0475. The fraction of sp³-hybridized carbons (Fsp3) is 0.562. The molecule has 1 aromatic rings. The topological polar surface area (TPSA) is 26.3 Å². The van der Waals surface area contributed by atoms with Crippen molar-refractivity contribution in [2.24, 2.45) is 5.92 Å². The minimum Gasteiger partial charge on any atom is -0.462 e. The number of rotatable bonds is 4. The molecule has 0 amide bonds. The van der Waals surface area contributed by atoms with E-state index >= 15 is 0 Å². The second-order valence-electron chi connectivity index (χ2n) is 5.39. The summed E-state index contributed by atoms with van der Waals surface area (Å²) in [4.78, 5) is 11.9. The normalized spacial score (nSPS) is 16.3. The summed E-state index contributed by atoms with van der Waals surface area (Å²) in [7, 11) is 0. The molecule has 19 heavy (non-hydrogen) atoms. The lowest BCUT2D eigenvalue weighted by atomic mass is 9.87. The van der Waals surface area contributed by atoms with E-state index in [0.717, 1.165) is 17.9 Å². The van der Waals surface area contributed by atoms with Crippen molar-refractivity contribution in [2.45, 2.75) is 45.4 Å². The number of ether oxygens (including phenoxy) is 1. The first-order chi connectivity index (χ1) is 9.16. The molecule has 1 aliphatic rings. The summed E-state index contributed by atoms with van der Waals surface area (Å²) in [6.07, 6.45) is 7.57. The third-order valence-electron chi connectivity index (χ3n) is 3.89. The standard InChI is InChI=1S/C16H21ClO2/c1-12-7-8-14(11-15(12)17)16(18)19-10-9-13-5-3-2-4-6-13/h7-8,11,13H,2-6,9-10H2,1H3. The third kappa shape index (κ3) is 4.24. The Morgan fingerprint density at radius 3 is 2.74 bits per heavy atom. The van der Waals surface area contributed by atoms with E-state index in [1.54, 1.807) is 12.1 Å². The Labute approximate surface area is 120 Å². The van der Waals surface area contributed by atoms with Crippen molar-refractivity contribution < 1.29 is 9.53 Å². The van der Waals surface area contributed by atoms with Gasteiger partial charge in [-0.2, -0.15) is 0 Å².